The molecule has 2 nitrogen and oxygen atoms in total. The molecule has 0 aliphatic carbocycles. The van der Waals surface area contributed by atoms with Gasteiger partial charge in [-0.3, -0.25) is 4.79 Å². The highest BCUT2D eigenvalue weighted by Crippen LogP contribution is 2.22. The zero-order valence-corrected chi connectivity index (χ0v) is 13.3. The number of hydrogen-bond donors (Lipinski definition) is 0. The van der Waals surface area contributed by atoms with E-state index in [2.05, 4.69) is 38.5 Å². The maximum Gasteiger partial charge on any atom is 0.254 e. The monoisotopic (exact) mass is 407 g/mol. The van der Waals surface area contributed by atoms with Crippen molar-refractivity contribution in [3.8, 4) is 0 Å². The number of rotatable bonds is 2. The molecular weight excluding hydrogens is 393 g/mol. The van der Waals surface area contributed by atoms with Crippen LogP contribution in [0.15, 0.2) is 24.3 Å². The predicted octanol–water partition coefficient (Wildman–Crippen LogP) is 3.54. The number of likely N-dealkylation sites (tertiary alicyclic amines) is 1. The third kappa shape index (κ3) is 3.22. The lowest BCUT2D eigenvalue weighted by Crippen LogP contribution is -2.39. The molecule has 0 spiro atoms. The van der Waals surface area contributed by atoms with Gasteiger partial charge in [0, 0.05) is 22.0 Å². The molecule has 2 rings (SSSR count). The largest absolute Gasteiger partial charge is 0.339 e. The van der Waals surface area contributed by atoms with E-state index in [4.69, 9.17) is 0 Å². The van der Waals surface area contributed by atoms with E-state index in [-0.39, 0.29) is 5.91 Å². The van der Waals surface area contributed by atoms with Crippen LogP contribution in [0.25, 0.3) is 0 Å². The normalized spacial score (nSPS) is 17.2. The van der Waals surface area contributed by atoms with Crippen LogP contribution in [0.4, 0.5) is 0 Å². The van der Waals surface area contributed by atoms with Crippen LogP contribution < -0.4 is 0 Å². The van der Waals surface area contributed by atoms with Crippen LogP contribution in [-0.4, -0.2) is 29.2 Å². The Balaban J connectivity index is 2.04. The fourth-order valence-corrected chi connectivity index (χ4v) is 3.36. The van der Waals surface area contributed by atoms with Crippen LogP contribution in [0.3, 0.4) is 0 Å². The Kier molecular flexibility index (Phi) is 4.85. The maximum absolute atomic E-state index is 12.3. The number of halogens is 2. The van der Waals surface area contributed by atoms with Crippen LogP contribution in [0.5, 0.6) is 0 Å². The summed E-state index contributed by atoms with van der Waals surface area (Å²) in [6.45, 7) is 1.78. The highest BCUT2D eigenvalue weighted by Gasteiger charge is 2.23. The highest BCUT2D eigenvalue weighted by molar-refractivity contribution is 14.1. The van der Waals surface area contributed by atoms with Crippen molar-refractivity contribution >= 4 is 44.4 Å². The number of amides is 1. The van der Waals surface area contributed by atoms with E-state index in [0.717, 1.165) is 46.3 Å². The SMILES string of the molecule is O=C(c1ccccc1I)N1CCC(CBr)CC1. The Hall–Kier alpha value is -0.100. The first kappa shape index (κ1) is 13.3. The van der Waals surface area contributed by atoms with Gasteiger partial charge in [-0.15, -0.1) is 0 Å². The fourth-order valence-electron chi connectivity index (χ4n) is 2.10. The summed E-state index contributed by atoms with van der Waals surface area (Å²) in [7, 11) is 0. The van der Waals surface area contributed by atoms with E-state index in [1.165, 1.54) is 0 Å². The van der Waals surface area contributed by atoms with Crippen LogP contribution in [0, 0.1) is 9.49 Å². The molecule has 1 aromatic rings. The van der Waals surface area contributed by atoms with Crippen LogP contribution in [0.2, 0.25) is 0 Å². The summed E-state index contributed by atoms with van der Waals surface area (Å²) >= 11 is 5.75. The Morgan fingerprint density at radius 2 is 2.00 bits per heavy atom. The second-order valence-corrected chi connectivity index (χ2v) is 6.18. The molecule has 0 N–H and O–H groups in total. The van der Waals surface area contributed by atoms with Crippen molar-refractivity contribution in [1.29, 1.82) is 0 Å². The van der Waals surface area contributed by atoms with Gasteiger partial charge >= 0.3 is 0 Å². The fraction of sp³-hybridized carbons (Fsp3) is 0.462. The van der Waals surface area contributed by atoms with Crippen molar-refractivity contribution in [2.75, 3.05) is 18.4 Å². The number of carbonyl (C=O) groups is 1. The van der Waals surface area contributed by atoms with E-state index in [1.807, 2.05) is 29.2 Å². The van der Waals surface area contributed by atoms with Gasteiger partial charge in [0.1, 0.15) is 0 Å². The first-order valence-corrected chi connectivity index (χ1v) is 8.02. The number of benzene rings is 1. The number of hydrogen-bond acceptors (Lipinski definition) is 1. The minimum Gasteiger partial charge on any atom is -0.339 e. The van der Waals surface area contributed by atoms with Gasteiger partial charge in [0.05, 0.1) is 5.56 Å². The lowest BCUT2D eigenvalue weighted by Gasteiger charge is -2.31. The van der Waals surface area contributed by atoms with Gasteiger partial charge in [-0.2, -0.15) is 0 Å². The van der Waals surface area contributed by atoms with E-state index in [0.29, 0.717) is 0 Å². The second kappa shape index (κ2) is 6.18. The summed E-state index contributed by atoms with van der Waals surface area (Å²) in [5, 5.41) is 1.05. The third-order valence-electron chi connectivity index (χ3n) is 3.22. The van der Waals surface area contributed by atoms with E-state index in [9.17, 15) is 4.79 Å². The molecule has 1 saturated heterocycles. The number of carbonyl (C=O) groups excluding carboxylic acids is 1. The van der Waals surface area contributed by atoms with Gasteiger partial charge in [0.25, 0.3) is 5.91 Å². The van der Waals surface area contributed by atoms with Crippen molar-refractivity contribution < 1.29 is 4.79 Å². The topological polar surface area (TPSA) is 20.3 Å². The van der Waals surface area contributed by atoms with Crippen LogP contribution >= 0.6 is 38.5 Å². The minimum atomic E-state index is 0.183. The third-order valence-corrected chi connectivity index (χ3v) is 5.08. The molecule has 0 aromatic heterocycles. The molecule has 0 radical (unpaired) electrons. The highest BCUT2D eigenvalue weighted by atomic mass is 127. The van der Waals surface area contributed by atoms with Crippen molar-refractivity contribution in [3.63, 3.8) is 0 Å². The number of alkyl halides is 1. The molecule has 1 aliphatic rings. The van der Waals surface area contributed by atoms with Gasteiger partial charge in [0.15, 0.2) is 0 Å². The molecular formula is C13H15BrINO. The molecule has 4 heteroatoms. The van der Waals surface area contributed by atoms with E-state index in [1.54, 1.807) is 0 Å². The molecule has 0 bridgehead atoms. The molecule has 0 saturated carbocycles. The van der Waals surface area contributed by atoms with Crippen molar-refractivity contribution in [1.82, 2.24) is 4.90 Å². The average Bonchev–Trinajstić information content (AvgIpc) is 2.39. The molecule has 92 valence electrons. The summed E-state index contributed by atoms with van der Waals surface area (Å²) in [6.07, 6.45) is 2.22. The van der Waals surface area contributed by atoms with Gasteiger partial charge in [-0.25, -0.2) is 0 Å². The van der Waals surface area contributed by atoms with E-state index < -0.39 is 0 Å². The first-order chi connectivity index (χ1) is 8.22. The number of nitrogens with zero attached hydrogens (tertiary/aromatic N) is 1. The first-order valence-electron chi connectivity index (χ1n) is 5.82. The zero-order chi connectivity index (χ0) is 12.3. The summed E-state index contributed by atoms with van der Waals surface area (Å²) in [6, 6.07) is 7.80. The molecule has 1 heterocycles. The van der Waals surface area contributed by atoms with Gasteiger partial charge < -0.3 is 4.90 Å². The Morgan fingerprint density at radius 3 is 2.59 bits per heavy atom. The van der Waals surface area contributed by atoms with Crippen molar-refractivity contribution in [3.05, 3.63) is 33.4 Å². The van der Waals surface area contributed by atoms with Crippen LogP contribution in [0.1, 0.15) is 23.2 Å². The average molecular weight is 408 g/mol. The van der Waals surface area contributed by atoms with Gasteiger partial charge in [0.2, 0.25) is 0 Å². The molecule has 1 aliphatic heterocycles. The van der Waals surface area contributed by atoms with Gasteiger partial charge in [-0.1, -0.05) is 28.1 Å². The van der Waals surface area contributed by atoms with Crippen LogP contribution in [-0.2, 0) is 0 Å². The zero-order valence-electron chi connectivity index (χ0n) is 9.53. The molecule has 1 amide bonds. The predicted molar refractivity (Wildman–Crippen MR) is 81.6 cm³/mol. The summed E-state index contributed by atoms with van der Waals surface area (Å²) in [5.74, 6) is 0.914. The lowest BCUT2D eigenvalue weighted by molar-refractivity contribution is 0.0698. The van der Waals surface area contributed by atoms with Crippen molar-refractivity contribution in [2.24, 2.45) is 5.92 Å². The molecule has 1 aromatic carbocycles. The maximum atomic E-state index is 12.3. The Labute approximate surface area is 124 Å². The smallest absolute Gasteiger partial charge is 0.254 e. The van der Waals surface area contributed by atoms with Crippen molar-refractivity contribution in [2.45, 2.75) is 12.8 Å². The molecule has 17 heavy (non-hydrogen) atoms. The summed E-state index contributed by atoms with van der Waals surface area (Å²) < 4.78 is 1.04. The second-order valence-electron chi connectivity index (χ2n) is 4.37. The summed E-state index contributed by atoms with van der Waals surface area (Å²) in [4.78, 5) is 14.3. The molecule has 0 atom stereocenters. The standard InChI is InChI=1S/C13H15BrINO/c14-9-10-5-7-16(8-6-10)13(17)11-3-1-2-4-12(11)15/h1-4,10H,5-9H2. The lowest BCUT2D eigenvalue weighted by atomic mass is 9.98. The molecule has 1 fully saturated rings. The van der Waals surface area contributed by atoms with E-state index >= 15 is 0 Å². The molecule has 0 unspecified atom stereocenters. The number of piperidine rings is 1. The van der Waals surface area contributed by atoms with Gasteiger partial charge in [-0.05, 0) is 53.5 Å². The Bertz CT molecular complexity index is 402. The Morgan fingerprint density at radius 1 is 1.35 bits per heavy atom. The quantitative estimate of drug-likeness (QED) is 0.542. The summed E-state index contributed by atoms with van der Waals surface area (Å²) in [5.41, 5.74) is 0.838. The minimum absolute atomic E-state index is 0.183.